The van der Waals surface area contributed by atoms with Gasteiger partial charge in [-0.05, 0) is 18.2 Å². The van der Waals surface area contributed by atoms with Crippen molar-refractivity contribution < 1.29 is 9.72 Å². The molecule has 0 saturated carbocycles. The monoisotopic (exact) mass is 407 g/mol. The minimum atomic E-state index is -0.380. The molecule has 2 aromatic carbocycles. The van der Waals surface area contributed by atoms with E-state index in [4.69, 9.17) is 0 Å². The molecule has 0 aliphatic carbocycles. The van der Waals surface area contributed by atoms with Crippen molar-refractivity contribution in [3.05, 3.63) is 64.2 Å². The van der Waals surface area contributed by atoms with Gasteiger partial charge in [0.05, 0.1) is 4.92 Å². The minimum absolute atomic E-state index is 0.00431. The molecule has 1 saturated heterocycles. The summed E-state index contributed by atoms with van der Waals surface area (Å²) < 4.78 is 0. The molecule has 0 spiro atoms. The lowest BCUT2D eigenvalue weighted by molar-refractivity contribution is -0.384. The smallest absolute Gasteiger partial charge is 0.292 e. The van der Waals surface area contributed by atoms with Crippen LogP contribution >= 0.6 is 0 Å². The predicted octanol–water partition coefficient (Wildman–Crippen LogP) is 1.91. The summed E-state index contributed by atoms with van der Waals surface area (Å²) in [4.78, 5) is 28.5. The fraction of sp³-hybridized carbons (Fsp3) is 0.300. The molecule has 10 heteroatoms. The fourth-order valence-corrected chi connectivity index (χ4v) is 3.43. The Bertz CT molecular complexity index is 1060. The van der Waals surface area contributed by atoms with Gasteiger partial charge < -0.3 is 9.80 Å². The van der Waals surface area contributed by atoms with Crippen LogP contribution in [0.4, 0.5) is 11.4 Å². The van der Waals surface area contributed by atoms with E-state index in [0.717, 1.165) is 11.1 Å². The summed E-state index contributed by atoms with van der Waals surface area (Å²) in [7, 11) is 0. The van der Waals surface area contributed by atoms with E-state index in [1.54, 1.807) is 23.1 Å². The van der Waals surface area contributed by atoms with E-state index in [9.17, 15) is 14.9 Å². The van der Waals surface area contributed by atoms with E-state index in [1.807, 2.05) is 36.1 Å². The van der Waals surface area contributed by atoms with E-state index < -0.39 is 0 Å². The fourth-order valence-electron chi connectivity index (χ4n) is 3.43. The van der Waals surface area contributed by atoms with E-state index in [-0.39, 0.29) is 23.1 Å². The predicted molar refractivity (Wildman–Crippen MR) is 110 cm³/mol. The molecule has 0 radical (unpaired) electrons. The molecule has 1 fully saturated rings. The number of benzene rings is 2. The third-order valence-electron chi connectivity index (χ3n) is 5.09. The number of piperazine rings is 1. The van der Waals surface area contributed by atoms with E-state index >= 15 is 0 Å². The number of nitro groups is 1. The molecular formula is C20H21N7O3. The molecule has 3 aromatic rings. The first-order chi connectivity index (χ1) is 14.5. The van der Waals surface area contributed by atoms with Gasteiger partial charge in [0.1, 0.15) is 12.2 Å². The Kier molecular flexibility index (Phi) is 5.38. The van der Waals surface area contributed by atoms with Crippen LogP contribution in [-0.2, 0) is 11.3 Å². The van der Waals surface area contributed by atoms with Crippen LogP contribution in [0.5, 0.6) is 0 Å². The first kappa shape index (κ1) is 19.5. The summed E-state index contributed by atoms with van der Waals surface area (Å²) in [5.41, 5.74) is 2.64. The maximum absolute atomic E-state index is 12.6. The molecule has 1 amide bonds. The van der Waals surface area contributed by atoms with E-state index in [2.05, 4.69) is 15.4 Å². The Hall–Kier alpha value is -3.82. The van der Waals surface area contributed by atoms with Gasteiger partial charge in [0, 0.05) is 37.8 Å². The summed E-state index contributed by atoms with van der Waals surface area (Å²) in [6.07, 6.45) is 0. The molecule has 30 heavy (non-hydrogen) atoms. The average Bonchev–Trinajstić information content (AvgIpc) is 3.22. The number of anilines is 1. The quantitative estimate of drug-likeness (QED) is 0.469. The van der Waals surface area contributed by atoms with Crippen LogP contribution in [-0.4, -0.2) is 62.1 Å². The highest BCUT2D eigenvalue weighted by Crippen LogP contribution is 2.28. The van der Waals surface area contributed by atoms with Crippen molar-refractivity contribution in [3.8, 4) is 11.4 Å². The lowest BCUT2D eigenvalue weighted by Gasteiger charge is -2.35. The van der Waals surface area contributed by atoms with Crippen LogP contribution in [0, 0.1) is 17.0 Å². The summed E-state index contributed by atoms with van der Waals surface area (Å²) >= 11 is 0. The van der Waals surface area contributed by atoms with Crippen LogP contribution in [0.2, 0.25) is 0 Å². The molecule has 0 unspecified atom stereocenters. The number of rotatable bonds is 5. The summed E-state index contributed by atoms with van der Waals surface area (Å²) in [6, 6.07) is 14.4. The zero-order valence-electron chi connectivity index (χ0n) is 16.5. The molecule has 0 N–H and O–H groups in total. The third kappa shape index (κ3) is 4.12. The topological polar surface area (TPSA) is 110 Å². The van der Waals surface area contributed by atoms with E-state index in [0.29, 0.717) is 37.7 Å². The van der Waals surface area contributed by atoms with Gasteiger partial charge in [0.2, 0.25) is 11.7 Å². The van der Waals surface area contributed by atoms with Crippen LogP contribution in [0.25, 0.3) is 11.4 Å². The van der Waals surface area contributed by atoms with Gasteiger partial charge in [-0.2, -0.15) is 4.80 Å². The van der Waals surface area contributed by atoms with Crippen molar-refractivity contribution in [2.75, 3.05) is 31.1 Å². The van der Waals surface area contributed by atoms with Crippen molar-refractivity contribution in [2.24, 2.45) is 0 Å². The zero-order chi connectivity index (χ0) is 21.1. The highest BCUT2D eigenvalue weighted by atomic mass is 16.6. The first-order valence-corrected chi connectivity index (χ1v) is 9.62. The third-order valence-corrected chi connectivity index (χ3v) is 5.09. The second-order valence-corrected chi connectivity index (χ2v) is 7.12. The maximum atomic E-state index is 12.6. The summed E-state index contributed by atoms with van der Waals surface area (Å²) in [5.74, 6) is 0.370. The molecule has 1 aliphatic rings. The molecule has 0 atom stereocenters. The van der Waals surface area contributed by atoms with Gasteiger partial charge in [0.25, 0.3) is 5.69 Å². The van der Waals surface area contributed by atoms with Crippen LogP contribution in [0.3, 0.4) is 0 Å². The van der Waals surface area contributed by atoms with Gasteiger partial charge in [-0.3, -0.25) is 14.9 Å². The highest BCUT2D eigenvalue weighted by Gasteiger charge is 2.26. The van der Waals surface area contributed by atoms with Crippen LogP contribution in [0.1, 0.15) is 5.56 Å². The molecule has 1 aliphatic heterocycles. The van der Waals surface area contributed by atoms with Gasteiger partial charge in [-0.1, -0.05) is 42.0 Å². The van der Waals surface area contributed by atoms with Crippen molar-refractivity contribution in [1.82, 2.24) is 25.1 Å². The molecular weight excluding hydrogens is 386 g/mol. The van der Waals surface area contributed by atoms with Gasteiger partial charge in [0.15, 0.2) is 0 Å². The first-order valence-electron chi connectivity index (χ1n) is 9.62. The highest BCUT2D eigenvalue weighted by molar-refractivity contribution is 5.76. The molecule has 2 heterocycles. The number of amides is 1. The number of carbonyl (C=O) groups is 1. The van der Waals surface area contributed by atoms with E-state index in [1.165, 1.54) is 10.9 Å². The normalized spacial score (nSPS) is 14.0. The minimum Gasteiger partial charge on any atom is -0.362 e. The Morgan fingerprint density at radius 3 is 2.47 bits per heavy atom. The molecule has 0 bridgehead atoms. The Morgan fingerprint density at radius 2 is 1.77 bits per heavy atom. The Balaban J connectivity index is 1.36. The molecule has 4 rings (SSSR count). The zero-order valence-corrected chi connectivity index (χ0v) is 16.5. The number of hydrogen-bond acceptors (Lipinski definition) is 7. The lowest BCUT2D eigenvalue weighted by atomic mass is 10.1. The lowest BCUT2D eigenvalue weighted by Crippen LogP contribution is -2.49. The Morgan fingerprint density at radius 1 is 1.07 bits per heavy atom. The number of aryl methyl sites for hydroxylation is 1. The molecule has 1 aromatic heterocycles. The van der Waals surface area contributed by atoms with Gasteiger partial charge >= 0.3 is 0 Å². The number of aromatic nitrogens is 4. The number of nitro benzene ring substituents is 1. The van der Waals surface area contributed by atoms with Crippen molar-refractivity contribution in [3.63, 3.8) is 0 Å². The second kappa shape index (κ2) is 8.27. The van der Waals surface area contributed by atoms with Gasteiger partial charge in [-0.25, -0.2) is 0 Å². The maximum Gasteiger partial charge on any atom is 0.292 e. The molecule has 154 valence electrons. The summed E-state index contributed by atoms with van der Waals surface area (Å²) in [6.45, 7) is 4.01. The van der Waals surface area contributed by atoms with Crippen molar-refractivity contribution in [1.29, 1.82) is 0 Å². The number of carbonyl (C=O) groups excluding carboxylic acids is 1. The standard InChI is InChI=1S/C20H21N7O3/c1-15-6-8-16(9-7-15)20-21-23-26(22-20)14-19(28)25-12-10-24(11-13-25)17-4-2-3-5-18(17)27(29)30/h2-9H,10-14H2,1H3. The number of nitrogens with zero attached hydrogens (tertiary/aromatic N) is 7. The molecule has 10 nitrogen and oxygen atoms in total. The average molecular weight is 407 g/mol. The Labute approximate surface area is 172 Å². The second-order valence-electron chi connectivity index (χ2n) is 7.12. The largest absolute Gasteiger partial charge is 0.362 e. The van der Waals surface area contributed by atoms with Crippen molar-refractivity contribution >= 4 is 17.3 Å². The summed E-state index contributed by atoms with van der Waals surface area (Å²) in [5, 5.41) is 23.6. The number of para-hydroxylation sites is 2. The van der Waals surface area contributed by atoms with Crippen LogP contribution < -0.4 is 4.90 Å². The van der Waals surface area contributed by atoms with Gasteiger partial charge in [-0.15, -0.1) is 10.2 Å². The number of tetrazole rings is 1. The van der Waals surface area contributed by atoms with Crippen molar-refractivity contribution in [2.45, 2.75) is 13.5 Å². The number of hydrogen-bond donors (Lipinski definition) is 0. The van der Waals surface area contributed by atoms with Crippen LogP contribution in [0.15, 0.2) is 48.5 Å². The SMILES string of the molecule is Cc1ccc(-c2nnn(CC(=O)N3CCN(c4ccccc4[N+](=O)[O-])CC3)n2)cc1.